The van der Waals surface area contributed by atoms with Crippen LogP contribution in [0, 0.1) is 5.82 Å². The summed E-state index contributed by atoms with van der Waals surface area (Å²) >= 11 is 0. The van der Waals surface area contributed by atoms with Gasteiger partial charge in [-0.2, -0.15) is 4.31 Å². The number of nitrogens with one attached hydrogen (secondary N) is 1. The van der Waals surface area contributed by atoms with Crippen molar-refractivity contribution in [3.05, 3.63) is 53.8 Å². The number of benzene rings is 2. The van der Waals surface area contributed by atoms with Crippen molar-refractivity contribution >= 4 is 27.3 Å². The van der Waals surface area contributed by atoms with Gasteiger partial charge in [-0.3, -0.25) is 4.79 Å². The Bertz CT molecular complexity index is 970. The van der Waals surface area contributed by atoms with Gasteiger partial charge in [0.15, 0.2) is 0 Å². The molecule has 0 unspecified atom stereocenters. The summed E-state index contributed by atoms with van der Waals surface area (Å²) < 4.78 is 41.4. The van der Waals surface area contributed by atoms with Crippen LogP contribution >= 0.6 is 0 Å². The molecule has 1 amide bonds. The maximum absolute atomic E-state index is 13.9. The van der Waals surface area contributed by atoms with Gasteiger partial charge in [0, 0.05) is 27.2 Å². The third kappa shape index (κ3) is 4.18. The lowest BCUT2D eigenvalue weighted by atomic mass is 10.2. The molecule has 3 rings (SSSR count). The Morgan fingerprint density at radius 1 is 1.07 bits per heavy atom. The first-order valence-corrected chi connectivity index (χ1v) is 10.6. The fraction of sp³-hybridized carbons (Fsp3) is 0.350. The SMILES string of the molecule is CN(C)c1ccc(S(=O)(=O)N2CCCCC2)cc1NC(=O)c1ccccc1F. The molecule has 8 heteroatoms. The summed E-state index contributed by atoms with van der Waals surface area (Å²) in [5.41, 5.74) is 0.843. The van der Waals surface area contributed by atoms with E-state index in [9.17, 15) is 17.6 Å². The summed E-state index contributed by atoms with van der Waals surface area (Å²) in [7, 11) is -0.0769. The molecular formula is C20H24FN3O3S. The highest BCUT2D eigenvalue weighted by atomic mass is 32.2. The molecule has 0 aromatic heterocycles. The smallest absolute Gasteiger partial charge is 0.258 e. The van der Waals surface area contributed by atoms with Crippen molar-refractivity contribution in [1.29, 1.82) is 0 Å². The minimum atomic E-state index is -3.65. The molecule has 0 saturated carbocycles. The first kappa shape index (κ1) is 20.3. The van der Waals surface area contributed by atoms with Crippen molar-refractivity contribution in [3.8, 4) is 0 Å². The summed E-state index contributed by atoms with van der Waals surface area (Å²) in [4.78, 5) is 14.4. The Morgan fingerprint density at radius 3 is 2.39 bits per heavy atom. The summed E-state index contributed by atoms with van der Waals surface area (Å²) in [6, 6.07) is 10.3. The average Bonchev–Trinajstić information content (AvgIpc) is 2.68. The number of anilines is 2. The van der Waals surface area contributed by atoms with Crippen molar-refractivity contribution in [2.24, 2.45) is 0 Å². The van der Waals surface area contributed by atoms with Crippen LogP contribution in [0.1, 0.15) is 29.6 Å². The lowest BCUT2D eigenvalue weighted by Gasteiger charge is -2.26. The van der Waals surface area contributed by atoms with E-state index in [1.54, 1.807) is 31.1 Å². The molecule has 6 nitrogen and oxygen atoms in total. The largest absolute Gasteiger partial charge is 0.376 e. The first-order chi connectivity index (χ1) is 13.3. The molecule has 150 valence electrons. The highest BCUT2D eigenvalue weighted by Crippen LogP contribution is 2.30. The van der Waals surface area contributed by atoms with E-state index in [4.69, 9.17) is 0 Å². The molecular weight excluding hydrogens is 381 g/mol. The number of hydrogen-bond donors (Lipinski definition) is 1. The number of carbonyl (C=O) groups excluding carboxylic acids is 1. The molecule has 0 bridgehead atoms. The van der Waals surface area contributed by atoms with Gasteiger partial charge in [-0.25, -0.2) is 12.8 Å². The van der Waals surface area contributed by atoms with Crippen molar-refractivity contribution in [1.82, 2.24) is 4.31 Å². The normalized spacial score (nSPS) is 15.2. The van der Waals surface area contributed by atoms with Crippen molar-refractivity contribution < 1.29 is 17.6 Å². The molecule has 0 atom stereocenters. The topological polar surface area (TPSA) is 69.7 Å². The quantitative estimate of drug-likeness (QED) is 0.829. The van der Waals surface area contributed by atoms with Gasteiger partial charge in [-0.15, -0.1) is 0 Å². The highest BCUT2D eigenvalue weighted by molar-refractivity contribution is 7.89. The fourth-order valence-corrected chi connectivity index (χ4v) is 4.80. The Kier molecular flexibility index (Phi) is 6.00. The van der Waals surface area contributed by atoms with Crippen molar-refractivity contribution in [3.63, 3.8) is 0 Å². The van der Waals surface area contributed by atoms with Crippen LogP contribution < -0.4 is 10.2 Å². The van der Waals surface area contributed by atoms with Gasteiger partial charge in [0.25, 0.3) is 5.91 Å². The number of nitrogens with zero attached hydrogens (tertiary/aromatic N) is 2. The maximum atomic E-state index is 13.9. The highest BCUT2D eigenvalue weighted by Gasteiger charge is 2.27. The summed E-state index contributed by atoms with van der Waals surface area (Å²) in [6.45, 7) is 0.989. The zero-order valence-electron chi connectivity index (χ0n) is 16.0. The van der Waals surface area contributed by atoms with Crippen LogP contribution in [0.15, 0.2) is 47.4 Å². The van der Waals surface area contributed by atoms with Crippen LogP contribution in [-0.2, 0) is 10.0 Å². The number of sulfonamides is 1. The molecule has 28 heavy (non-hydrogen) atoms. The van der Waals surface area contributed by atoms with E-state index in [1.807, 2.05) is 0 Å². The zero-order chi connectivity index (χ0) is 20.3. The molecule has 0 spiro atoms. The van der Waals surface area contributed by atoms with Crippen LogP contribution in [0.25, 0.3) is 0 Å². The molecule has 1 saturated heterocycles. The average molecular weight is 405 g/mol. The number of halogens is 1. The van der Waals surface area contributed by atoms with E-state index in [2.05, 4.69) is 5.32 Å². The predicted molar refractivity (Wildman–Crippen MR) is 108 cm³/mol. The molecule has 1 N–H and O–H groups in total. The lowest BCUT2D eigenvalue weighted by molar-refractivity contribution is 0.102. The molecule has 0 radical (unpaired) electrons. The molecule has 1 fully saturated rings. The van der Waals surface area contributed by atoms with Crippen LogP contribution in [0.3, 0.4) is 0 Å². The summed E-state index contributed by atoms with van der Waals surface area (Å²) in [5, 5.41) is 2.66. The Hall–Kier alpha value is -2.45. The Morgan fingerprint density at radius 2 is 1.75 bits per heavy atom. The molecule has 1 aliphatic heterocycles. The second-order valence-electron chi connectivity index (χ2n) is 6.97. The Balaban J connectivity index is 1.96. The standard InChI is InChI=1S/C20H24FN3O3S/c1-23(2)19-11-10-15(28(26,27)24-12-6-3-7-13-24)14-18(19)22-20(25)16-8-4-5-9-17(16)21/h4-5,8-11,14H,3,6-7,12-13H2,1-2H3,(H,22,25). The van der Waals surface area contributed by atoms with Crippen LogP contribution in [0.2, 0.25) is 0 Å². The maximum Gasteiger partial charge on any atom is 0.258 e. The van der Waals surface area contributed by atoms with Gasteiger partial charge >= 0.3 is 0 Å². The second-order valence-corrected chi connectivity index (χ2v) is 8.91. The van der Waals surface area contributed by atoms with Gasteiger partial charge in [0.2, 0.25) is 10.0 Å². The summed E-state index contributed by atoms with van der Waals surface area (Å²) in [5.74, 6) is -1.27. The lowest BCUT2D eigenvalue weighted by Crippen LogP contribution is -2.35. The number of hydrogen-bond acceptors (Lipinski definition) is 4. The van der Waals surface area contributed by atoms with E-state index in [-0.39, 0.29) is 10.5 Å². The minimum absolute atomic E-state index is 0.100. The number of carbonyl (C=O) groups is 1. The minimum Gasteiger partial charge on any atom is -0.376 e. The molecule has 1 aliphatic rings. The van der Waals surface area contributed by atoms with Crippen LogP contribution in [0.5, 0.6) is 0 Å². The van der Waals surface area contributed by atoms with Gasteiger partial charge in [-0.1, -0.05) is 18.6 Å². The monoisotopic (exact) mass is 405 g/mol. The fourth-order valence-electron chi connectivity index (χ4n) is 3.26. The van der Waals surface area contributed by atoms with E-state index in [0.717, 1.165) is 19.3 Å². The van der Waals surface area contributed by atoms with Crippen LogP contribution in [-0.4, -0.2) is 45.8 Å². The second kappa shape index (κ2) is 8.28. The van der Waals surface area contributed by atoms with Crippen LogP contribution in [0.4, 0.5) is 15.8 Å². The summed E-state index contributed by atoms with van der Waals surface area (Å²) in [6.07, 6.45) is 2.70. The van der Waals surface area contributed by atoms with E-state index in [0.29, 0.717) is 24.5 Å². The molecule has 2 aromatic rings. The molecule has 1 heterocycles. The number of rotatable bonds is 5. The van der Waals surface area contributed by atoms with E-state index in [1.165, 1.54) is 34.6 Å². The Labute approximate surface area is 165 Å². The number of amides is 1. The number of piperidine rings is 1. The third-order valence-electron chi connectivity index (χ3n) is 4.77. The van der Waals surface area contributed by atoms with Crippen molar-refractivity contribution in [2.45, 2.75) is 24.2 Å². The zero-order valence-corrected chi connectivity index (χ0v) is 16.8. The first-order valence-electron chi connectivity index (χ1n) is 9.18. The predicted octanol–water partition coefficient (Wildman–Crippen LogP) is 3.32. The van der Waals surface area contributed by atoms with Gasteiger partial charge in [0.05, 0.1) is 21.8 Å². The van der Waals surface area contributed by atoms with Gasteiger partial charge < -0.3 is 10.2 Å². The molecule has 2 aromatic carbocycles. The third-order valence-corrected chi connectivity index (χ3v) is 6.66. The van der Waals surface area contributed by atoms with Gasteiger partial charge in [-0.05, 0) is 43.2 Å². The van der Waals surface area contributed by atoms with E-state index < -0.39 is 21.7 Å². The molecule has 0 aliphatic carbocycles. The van der Waals surface area contributed by atoms with Crippen molar-refractivity contribution in [2.75, 3.05) is 37.4 Å². The van der Waals surface area contributed by atoms with E-state index >= 15 is 0 Å². The van der Waals surface area contributed by atoms with Gasteiger partial charge in [0.1, 0.15) is 5.82 Å².